The Morgan fingerprint density at radius 3 is 2.68 bits per heavy atom. The van der Waals surface area contributed by atoms with E-state index in [1.54, 1.807) is 0 Å². The topological polar surface area (TPSA) is 75.7 Å². The van der Waals surface area contributed by atoms with E-state index in [0.717, 1.165) is 12.8 Å². The highest BCUT2D eigenvalue weighted by Gasteiger charge is 2.39. The number of carbonyl (C=O) groups excluding carboxylic acids is 3. The number of hydrogen-bond acceptors (Lipinski definition) is 4. The summed E-state index contributed by atoms with van der Waals surface area (Å²) in [6.45, 7) is 7.79. The molecule has 0 aromatic carbocycles. The molecule has 0 aromatic rings. The standard InChI is InChI=1S/C16H28N2O4/c1-4-5-9-22-10-7-17-14(19)6-8-18-15(20)11-13(12(2)3)16(18)21/h12-13H,4-11H2,1-3H3,(H,17,19). The number of rotatable bonds is 10. The molecular weight excluding hydrogens is 284 g/mol. The van der Waals surface area contributed by atoms with Crippen LogP contribution in [0.15, 0.2) is 0 Å². The van der Waals surface area contributed by atoms with Crippen molar-refractivity contribution >= 4 is 17.7 Å². The van der Waals surface area contributed by atoms with E-state index in [4.69, 9.17) is 4.74 Å². The molecule has 126 valence electrons. The number of imide groups is 1. The maximum atomic E-state index is 12.1. The van der Waals surface area contributed by atoms with E-state index in [-0.39, 0.29) is 48.9 Å². The van der Waals surface area contributed by atoms with Crippen LogP contribution in [0.25, 0.3) is 0 Å². The minimum Gasteiger partial charge on any atom is -0.380 e. The van der Waals surface area contributed by atoms with Gasteiger partial charge in [-0.3, -0.25) is 19.3 Å². The smallest absolute Gasteiger partial charge is 0.233 e. The number of carbonyl (C=O) groups is 3. The Bertz CT molecular complexity index is 396. The molecule has 0 spiro atoms. The van der Waals surface area contributed by atoms with Crippen LogP contribution in [0.4, 0.5) is 0 Å². The summed E-state index contributed by atoms with van der Waals surface area (Å²) >= 11 is 0. The maximum Gasteiger partial charge on any atom is 0.233 e. The number of ether oxygens (including phenoxy) is 1. The van der Waals surface area contributed by atoms with Gasteiger partial charge in [-0.15, -0.1) is 0 Å². The zero-order chi connectivity index (χ0) is 16.5. The predicted octanol–water partition coefficient (Wildman–Crippen LogP) is 1.34. The Morgan fingerprint density at radius 1 is 1.36 bits per heavy atom. The van der Waals surface area contributed by atoms with Crippen LogP contribution >= 0.6 is 0 Å². The third-order valence-corrected chi connectivity index (χ3v) is 3.86. The second-order valence-electron chi connectivity index (χ2n) is 6.00. The van der Waals surface area contributed by atoms with Gasteiger partial charge in [-0.05, 0) is 12.3 Å². The van der Waals surface area contributed by atoms with Crippen LogP contribution in [-0.2, 0) is 19.1 Å². The molecule has 1 aliphatic heterocycles. The van der Waals surface area contributed by atoms with Gasteiger partial charge in [0.2, 0.25) is 17.7 Å². The van der Waals surface area contributed by atoms with Gasteiger partial charge in [-0.1, -0.05) is 27.2 Å². The minimum atomic E-state index is -0.234. The maximum absolute atomic E-state index is 12.1. The summed E-state index contributed by atoms with van der Waals surface area (Å²) < 4.78 is 5.34. The van der Waals surface area contributed by atoms with E-state index < -0.39 is 0 Å². The Kier molecular flexibility index (Phi) is 8.09. The highest BCUT2D eigenvalue weighted by atomic mass is 16.5. The molecule has 1 unspecified atom stereocenters. The van der Waals surface area contributed by atoms with Crippen molar-refractivity contribution in [1.29, 1.82) is 0 Å². The molecule has 3 amide bonds. The monoisotopic (exact) mass is 312 g/mol. The lowest BCUT2D eigenvalue weighted by molar-refractivity contribution is -0.140. The van der Waals surface area contributed by atoms with E-state index in [1.807, 2.05) is 13.8 Å². The van der Waals surface area contributed by atoms with Crippen LogP contribution in [0.3, 0.4) is 0 Å². The van der Waals surface area contributed by atoms with E-state index in [0.29, 0.717) is 19.8 Å². The molecule has 1 saturated heterocycles. The summed E-state index contributed by atoms with van der Waals surface area (Å²) in [4.78, 5) is 36.8. The van der Waals surface area contributed by atoms with E-state index in [9.17, 15) is 14.4 Å². The first-order valence-corrected chi connectivity index (χ1v) is 8.16. The lowest BCUT2D eigenvalue weighted by atomic mass is 9.94. The Morgan fingerprint density at radius 2 is 2.09 bits per heavy atom. The Hall–Kier alpha value is -1.43. The van der Waals surface area contributed by atoms with Crippen molar-refractivity contribution in [2.24, 2.45) is 11.8 Å². The van der Waals surface area contributed by atoms with Gasteiger partial charge in [-0.25, -0.2) is 0 Å². The minimum absolute atomic E-state index is 0.143. The molecule has 0 saturated carbocycles. The lowest BCUT2D eigenvalue weighted by Gasteiger charge is -2.16. The van der Waals surface area contributed by atoms with Crippen molar-refractivity contribution in [3.8, 4) is 0 Å². The molecule has 22 heavy (non-hydrogen) atoms. The fraction of sp³-hybridized carbons (Fsp3) is 0.812. The van der Waals surface area contributed by atoms with Crippen LogP contribution in [0.2, 0.25) is 0 Å². The van der Waals surface area contributed by atoms with Gasteiger partial charge in [0.1, 0.15) is 0 Å². The third-order valence-electron chi connectivity index (χ3n) is 3.86. The van der Waals surface area contributed by atoms with Crippen molar-refractivity contribution < 1.29 is 19.1 Å². The Balaban J connectivity index is 2.21. The lowest BCUT2D eigenvalue weighted by Crippen LogP contribution is -2.36. The number of likely N-dealkylation sites (tertiary alicyclic amines) is 1. The molecule has 1 atom stereocenters. The summed E-state index contributed by atoms with van der Waals surface area (Å²) in [5.41, 5.74) is 0. The SMILES string of the molecule is CCCCOCCNC(=O)CCN1C(=O)CC(C(C)C)C1=O. The number of hydrogen-bond donors (Lipinski definition) is 1. The van der Waals surface area contributed by atoms with E-state index in [2.05, 4.69) is 12.2 Å². The summed E-state index contributed by atoms with van der Waals surface area (Å²) in [6, 6.07) is 0. The van der Waals surface area contributed by atoms with Gasteiger partial charge in [0.15, 0.2) is 0 Å². The number of nitrogens with one attached hydrogen (secondary N) is 1. The zero-order valence-corrected chi connectivity index (χ0v) is 13.9. The van der Waals surface area contributed by atoms with Gasteiger partial charge < -0.3 is 10.1 Å². The number of unbranched alkanes of at least 4 members (excludes halogenated alkanes) is 1. The highest BCUT2D eigenvalue weighted by molar-refractivity contribution is 6.03. The molecular formula is C16H28N2O4. The largest absolute Gasteiger partial charge is 0.380 e. The van der Waals surface area contributed by atoms with Gasteiger partial charge >= 0.3 is 0 Å². The van der Waals surface area contributed by atoms with Crippen molar-refractivity contribution in [1.82, 2.24) is 10.2 Å². The van der Waals surface area contributed by atoms with Gasteiger partial charge in [0.25, 0.3) is 0 Å². The molecule has 0 radical (unpaired) electrons. The van der Waals surface area contributed by atoms with Crippen molar-refractivity contribution in [3.63, 3.8) is 0 Å². The quantitative estimate of drug-likeness (QED) is 0.488. The van der Waals surface area contributed by atoms with Crippen LogP contribution < -0.4 is 5.32 Å². The van der Waals surface area contributed by atoms with Crippen LogP contribution in [0.1, 0.15) is 46.5 Å². The molecule has 0 aliphatic carbocycles. The van der Waals surface area contributed by atoms with Crippen LogP contribution in [-0.4, -0.2) is 48.9 Å². The predicted molar refractivity (Wildman–Crippen MR) is 83.0 cm³/mol. The highest BCUT2D eigenvalue weighted by Crippen LogP contribution is 2.26. The van der Waals surface area contributed by atoms with Crippen LogP contribution in [0.5, 0.6) is 0 Å². The second-order valence-corrected chi connectivity index (χ2v) is 6.00. The third kappa shape index (κ3) is 5.75. The summed E-state index contributed by atoms with van der Waals surface area (Å²) in [6.07, 6.45) is 2.52. The van der Waals surface area contributed by atoms with E-state index in [1.165, 1.54) is 4.90 Å². The average molecular weight is 312 g/mol. The fourth-order valence-electron chi connectivity index (χ4n) is 2.38. The van der Waals surface area contributed by atoms with Gasteiger partial charge in [0.05, 0.1) is 6.61 Å². The van der Waals surface area contributed by atoms with Crippen LogP contribution in [0, 0.1) is 11.8 Å². The number of amides is 3. The first kappa shape index (κ1) is 18.6. The van der Waals surface area contributed by atoms with Crippen molar-refractivity contribution in [3.05, 3.63) is 0 Å². The van der Waals surface area contributed by atoms with Gasteiger partial charge in [-0.2, -0.15) is 0 Å². The van der Waals surface area contributed by atoms with Crippen molar-refractivity contribution in [2.45, 2.75) is 46.5 Å². The fourth-order valence-corrected chi connectivity index (χ4v) is 2.38. The summed E-state index contributed by atoms with van der Waals surface area (Å²) in [5, 5.41) is 2.73. The molecule has 0 aromatic heterocycles. The van der Waals surface area contributed by atoms with E-state index >= 15 is 0 Å². The number of nitrogens with zero attached hydrogens (tertiary/aromatic N) is 1. The molecule has 1 rings (SSSR count). The van der Waals surface area contributed by atoms with Crippen molar-refractivity contribution in [2.75, 3.05) is 26.3 Å². The molecule has 1 heterocycles. The zero-order valence-electron chi connectivity index (χ0n) is 13.9. The molecule has 1 aliphatic rings. The molecule has 6 nitrogen and oxygen atoms in total. The Labute approximate surface area is 132 Å². The normalized spacial score (nSPS) is 18.4. The molecule has 0 bridgehead atoms. The first-order valence-electron chi connectivity index (χ1n) is 8.16. The molecule has 6 heteroatoms. The summed E-state index contributed by atoms with van der Waals surface area (Å²) in [7, 11) is 0. The first-order chi connectivity index (χ1) is 10.5. The molecule has 1 N–H and O–H groups in total. The van der Waals surface area contributed by atoms with Gasteiger partial charge in [0, 0.05) is 38.5 Å². The second kappa shape index (κ2) is 9.56. The average Bonchev–Trinajstić information content (AvgIpc) is 2.76. The molecule has 1 fully saturated rings. The summed E-state index contributed by atoms with van der Waals surface area (Å²) in [5.74, 6) is -0.555.